The molecule has 0 bridgehead atoms. The molecule has 0 radical (unpaired) electrons. The molecule has 2 rings (SSSR count). The van der Waals surface area contributed by atoms with E-state index < -0.39 is 0 Å². The lowest BCUT2D eigenvalue weighted by molar-refractivity contribution is 0.818. The van der Waals surface area contributed by atoms with Crippen LogP contribution in [-0.2, 0) is 6.54 Å². The Morgan fingerprint density at radius 2 is 2.36 bits per heavy atom. The third-order valence-corrected chi connectivity index (χ3v) is 2.12. The summed E-state index contributed by atoms with van der Waals surface area (Å²) in [5, 5.41) is 3.13. The summed E-state index contributed by atoms with van der Waals surface area (Å²) in [5.74, 6) is 0. The quantitative estimate of drug-likeness (QED) is 0.769. The first-order valence-corrected chi connectivity index (χ1v) is 4.62. The molecule has 0 unspecified atom stereocenters. The molecule has 2 N–H and O–H groups in total. The topological polar surface area (TPSA) is 40.7 Å². The Morgan fingerprint density at radius 3 is 3.07 bits per heavy atom. The summed E-state index contributed by atoms with van der Waals surface area (Å²) in [7, 11) is 1.95. The minimum absolute atomic E-state index is 0.891. The van der Waals surface area contributed by atoms with Gasteiger partial charge in [0.1, 0.15) is 0 Å². The molecule has 1 aromatic heterocycles. The predicted molar refractivity (Wildman–Crippen MR) is 56.8 cm³/mol. The van der Waals surface area contributed by atoms with Gasteiger partial charge in [-0.2, -0.15) is 0 Å². The van der Waals surface area contributed by atoms with Crippen molar-refractivity contribution >= 4 is 0 Å². The molecule has 3 nitrogen and oxygen atoms in total. The number of nitrogens with zero attached hydrogens (tertiary/aromatic N) is 1. The lowest BCUT2D eigenvalue weighted by Crippen LogP contribution is -2.04. The normalized spacial score (nSPS) is 10.4. The zero-order valence-corrected chi connectivity index (χ0v) is 8.12. The molecule has 0 atom stereocenters. The van der Waals surface area contributed by atoms with Crippen LogP contribution in [0.5, 0.6) is 0 Å². The zero-order valence-electron chi connectivity index (χ0n) is 8.12. The van der Waals surface area contributed by atoms with Gasteiger partial charge in [-0.1, -0.05) is 18.2 Å². The molecule has 3 heteroatoms. The van der Waals surface area contributed by atoms with Crippen molar-refractivity contribution in [3.8, 4) is 11.3 Å². The lowest BCUT2D eigenvalue weighted by Gasteiger charge is -2.02. The predicted octanol–water partition coefficient (Wildman–Crippen LogP) is 1.80. The molecule has 2 aromatic rings. The molecule has 0 aliphatic heterocycles. The van der Waals surface area contributed by atoms with Gasteiger partial charge in [-0.3, -0.25) is 0 Å². The van der Waals surface area contributed by atoms with Crippen LogP contribution in [0, 0.1) is 0 Å². The summed E-state index contributed by atoms with van der Waals surface area (Å²) >= 11 is 0. The average Bonchev–Trinajstić information content (AvgIpc) is 2.71. The van der Waals surface area contributed by atoms with Crippen LogP contribution < -0.4 is 5.32 Å². The fourth-order valence-electron chi connectivity index (χ4n) is 1.47. The van der Waals surface area contributed by atoms with Crippen molar-refractivity contribution in [3.05, 3.63) is 42.4 Å². The van der Waals surface area contributed by atoms with E-state index in [4.69, 9.17) is 0 Å². The van der Waals surface area contributed by atoms with Gasteiger partial charge in [-0.25, -0.2) is 4.98 Å². The van der Waals surface area contributed by atoms with Crippen LogP contribution in [0.1, 0.15) is 5.56 Å². The standard InChI is InChI=1S/C11H13N3/c1-12-6-9-3-2-4-10(5-9)11-7-13-8-14-11/h2-5,7-8,12H,6H2,1H3,(H,13,14). The Bertz CT molecular complexity index is 393. The van der Waals surface area contributed by atoms with Crippen LogP contribution in [0.25, 0.3) is 11.3 Å². The van der Waals surface area contributed by atoms with Crippen LogP contribution in [0.15, 0.2) is 36.8 Å². The molecule has 0 saturated carbocycles. The van der Waals surface area contributed by atoms with Crippen LogP contribution in [0.3, 0.4) is 0 Å². The number of imidazole rings is 1. The largest absolute Gasteiger partial charge is 0.345 e. The maximum Gasteiger partial charge on any atom is 0.0924 e. The molecule has 1 heterocycles. The van der Waals surface area contributed by atoms with E-state index >= 15 is 0 Å². The van der Waals surface area contributed by atoms with Crippen molar-refractivity contribution in [2.45, 2.75) is 6.54 Å². The van der Waals surface area contributed by atoms with Gasteiger partial charge in [0.2, 0.25) is 0 Å². The summed E-state index contributed by atoms with van der Waals surface area (Å²) in [4.78, 5) is 7.09. The van der Waals surface area contributed by atoms with E-state index in [2.05, 4.69) is 39.6 Å². The van der Waals surface area contributed by atoms with Crippen LogP contribution in [-0.4, -0.2) is 17.0 Å². The molecule has 0 aliphatic carbocycles. The third-order valence-electron chi connectivity index (χ3n) is 2.12. The molecular formula is C11H13N3. The number of hydrogen-bond acceptors (Lipinski definition) is 2. The minimum atomic E-state index is 0.891. The Hall–Kier alpha value is -1.61. The van der Waals surface area contributed by atoms with E-state index in [9.17, 15) is 0 Å². The highest BCUT2D eigenvalue weighted by Gasteiger charge is 1.98. The van der Waals surface area contributed by atoms with Gasteiger partial charge >= 0.3 is 0 Å². The van der Waals surface area contributed by atoms with Gasteiger partial charge in [0.05, 0.1) is 18.2 Å². The second kappa shape index (κ2) is 4.07. The molecule has 0 amide bonds. The molecule has 14 heavy (non-hydrogen) atoms. The Balaban J connectivity index is 2.31. The highest BCUT2D eigenvalue weighted by Crippen LogP contribution is 2.16. The van der Waals surface area contributed by atoms with Crippen molar-refractivity contribution in [2.75, 3.05) is 7.05 Å². The van der Waals surface area contributed by atoms with Crippen molar-refractivity contribution in [1.82, 2.24) is 15.3 Å². The fourth-order valence-corrected chi connectivity index (χ4v) is 1.47. The first kappa shape index (κ1) is 8.97. The molecule has 0 spiro atoms. The highest BCUT2D eigenvalue weighted by atomic mass is 14.9. The SMILES string of the molecule is CNCc1cccc(-c2cnc[nH]2)c1. The molecule has 72 valence electrons. The van der Waals surface area contributed by atoms with Gasteiger partial charge in [-0.15, -0.1) is 0 Å². The Kier molecular flexibility index (Phi) is 2.60. The first-order chi connectivity index (χ1) is 6.90. The maximum atomic E-state index is 4.00. The monoisotopic (exact) mass is 187 g/mol. The van der Waals surface area contributed by atoms with E-state index in [0.29, 0.717) is 0 Å². The lowest BCUT2D eigenvalue weighted by atomic mass is 10.1. The second-order valence-corrected chi connectivity index (χ2v) is 3.20. The number of benzene rings is 1. The van der Waals surface area contributed by atoms with E-state index in [1.165, 1.54) is 11.1 Å². The van der Waals surface area contributed by atoms with Crippen molar-refractivity contribution in [1.29, 1.82) is 0 Å². The molecule has 0 aliphatic rings. The van der Waals surface area contributed by atoms with Gasteiger partial charge < -0.3 is 10.3 Å². The van der Waals surface area contributed by atoms with E-state index in [1.807, 2.05) is 13.2 Å². The van der Waals surface area contributed by atoms with Crippen molar-refractivity contribution < 1.29 is 0 Å². The number of H-pyrrole nitrogens is 1. The average molecular weight is 187 g/mol. The third kappa shape index (κ3) is 1.83. The summed E-state index contributed by atoms with van der Waals surface area (Å²) in [6, 6.07) is 8.40. The van der Waals surface area contributed by atoms with E-state index in [-0.39, 0.29) is 0 Å². The zero-order chi connectivity index (χ0) is 9.80. The second-order valence-electron chi connectivity index (χ2n) is 3.20. The number of rotatable bonds is 3. The minimum Gasteiger partial charge on any atom is -0.345 e. The van der Waals surface area contributed by atoms with Crippen molar-refractivity contribution in [2.24, 2.45) is 0 Å². The van der Waals surface area contributed by atoms with Gasteiger partial charge in [0.15, 0.2) is 0 Å². The van der Waals surface area contributed by atoms with E-state index in [1.54, 1.807) is 6.33 Å². The van der Waals surface area contributed by atoms with Gasteiger partial charge in [0.25, 0.3) is 0 Å². The highest BCUT2D eigenvalue weighted by molar-refractivity contribution is 5.58. The van der Waals surface area contributed by atoms with Crippen LogP contribution in [0.4, 0.5) is 0 Å². The Labute approximate surface area is 83.2 Å². The molecule has 0 fully saturated rings. The van der Waals surface area contributed by atoms with Crippen LogP contribution >= 0.6 is 0 Å². The summed E-state index contributed by atoms with van der Waals surface area (Å²) in [6.45, 7) is 0.891. The fraction of sp³-hybridized carbons (Fsp3) is 0.182. The van der Waals surface area contributed by atoms with Crippen molar-refractivity contribution in [3.63, 3.8) is 0 Å². The number of aromatic amines is 1. The summed E-state index contributed by atoms with van der Waals surface area (Å²) in [5.41, 5.74) is 3.51. The molecular weight excluding hydrogens is 174 g/mol. The molecule has 0 saturated heterocycles. The summed E-state index contributed by atoms with van der Waals surface area (Å²) in [6.07, 6.45) is 3.53. The Morgan fingerprint density at radius 1 is 1.43 bits per heavy atom. The summed E-state index contributed by atoms with van der Waals surface area (Å²) < 4.78 is 0. The number of aromatic nitrogens is 2. The molecule has 1 aromatic carbocycles. The first-order valence-electron chi connectivity index (χ1n) is 4.62. The maximum absolute atomic E-state index is 4.00. The number of hydrogen-bond donors (Lipinski definition) is 2. The number of nitrogens with one attached hydrogen (secondary N) is 2. The van der Waals surface area contributed by atoms with Gasteiger partial charge in [0, 0.05) is 6.54 Å². The van der Waals surface area contributed by atoms with Gasteiger partial charge in [-0.05, 0) is 24.2 Å². The van der Waals surface area contributed by atoms with Crippen LogP contribution in [0.2, 0.25) is 0 Å². The van der Waals surface area contributed by atoms with E-state index in [0.717, 1.165) is 12.2 Å². The smallest absolute Gasteiger partial charge is 0.0924 e.